The Morgan fingerprint density at radius 1 is 1.64 bits per heavy atom. The molecule has 3 N–H and O–H groups in total. The summed E-state index contributed by atoms with van der Waals surface area (Å²) in [6.07, 6.45) is 0. The van der Waals surface area contributed by atoms with Crippen LogP contribution in [0.5, 0.6) is 0 Å². The molecule has 0 amide bonds. The monoisotopic (exact) mass is 154 g/mol. The molecule has 1 aliphatic heterocycles. The van der Waals surface area contributed by atoms with E-state index in [0.29, 0.717) is 6.04 Å². The number of nitrogens with two attached hydrogens (primary N) is 1. The molecule has 1 aliphatic rings. The van der Waals surface area contributed by atoms with Crippen LogP contribution in [0.1, 0.15) is 5.82 Å². The van der Waals surface area contributed by atoms with Gasteiger partial charge in [-0.15, -0.1) is 10.2 Å². The van der Waals surface area contributed by atoms with Crippen molar-refractivity contribution in [3.63, 3.8) is 0 Å². The first-order valence-electron chi connectivity index (χ1n) is 3.55. The van der Waals surface area contributed by atoms with Crippen molar-refractivity contribution in [2.24, 2.45) is 5.73 Å². The highest BCUT2D eigenvalue weighted by Gasteiger charge is 2.23. The molecule has 6 nitrogen and oxygen atoms in total. The lowest BCUT2D eigenvalue weighted by Crippen LogP contribution is -2.55. The Morgan fingerprint density at radius 2 is 2.45 bits per heavy atom. The van der Waals surface area contributed by atoms with Crippen LogP contribution in [0.2, 0.25) is 0 Å². The van der Waals surface area contributed by atoms with Gasteiger partial charge < -0.3 is 5.73 Å². The molecule has 2 rings (SSSR count). The van der Waals surface area contributed by atoms with Crippen LogP contribution >= 0.6 is 0 Å². The molecule has 0 atom stereocenters. The highest BCUT2D eigenvalue weighted by molar-refractivity contribution is 4.86. The molecule has 0 unspecified atom stereocenters. The molecule has 0 spiro atoms. The summed E-state index contributed by atoms with van der Waals surface area (Å²) in [7, 11) is 0. The highest BCUT2D eigenvalue weighted by atomic mass is 15.5. The smallest absolute Gasteiger partial charge is 0.188 e. The predicted octanol–water partition coefficient (Wildman–Crippen LogP) is -1.66. The molecule has 6 heteroatoms. The Hall–Kier alpha value is -1.01. The summed E-state index contributed by atoms with van der Waals surface area (Å²) in [5.74, 6) is 0.733. The number of H-pyrrole nitrogens is 1. The van der Waals surface area contributed by atoms with Crippen LogP contribution in [0.4, 0.5) is 0 Å². The predicted molar refractivity (Wildman–Crippen MR) is 37.4 cm³/mol. The van der Waals surface area contributed by atoms with E-state index in [9.17, 15) is 0 Å². The summed E-state index contributed by atoms with van der Waals surface area (Å²) >= 11 is 0. The number of aromatic amines is 1. The first-order valence-corrected chi connectivity index (χ1v) is 3.55. The number of nitrogens with zero attached hydrogens (tertiary/aromatic N) is 4. The standard InChI is InChI=1S/C5H10N6/c6-4-1-11(2-4)3-5-7-9-10-8-5/h4H,1-3,6H2,(H,7,8,9,10). The summed E-state index contributed by atoms with van der Waals surface area (Å²) in [5, 5.41) is 13.5. The molecule has 1 aromatic heterocycles. The number of rotatable bonds is 2. The molecule has 0 radical (unpaired) electrons. The Labute approximate surface area is 63.8 Å². The highest BCUT2D eigenvalue weighted by Crippen LogP contribution is 2.07. The van der Waals surface area contributed by atoms with Crippen LogP contribution in [0.15, 0.2) is 0 Å². The van der Waals surface area contributed by atoms with E-state index in [1.54, 1.807) is 0 Å². The molecular formula is C5H10N6. The fraction of sp³-hybridized carbons (Fsp3) is 0.800. The van der Waals surface area contributed by atoms with Gasteiger partial charge in [0.15, 0.2) is 5.82 Å². The molecular weight excluding hydrogens is 144 g/mol. The zero-order valence-electron chi connectivity index (χ0n) is 6.06. The van der Waals surface area contributed by atoms with Gasteiger partial charge in [-0.1, -0.05) is 5.21 Å². The Kier molecular flexibility index (Phi) is 1.55. The molecule has 0 bridgehead atoms. The third-order valence-electron chi connectivity index (χ3n) is 1.74. The summed E-state index contributed by atoms with van der Waals surface area (Å²) in [5.41, 5.74) is 5.59. The van der Waals surface area contributed by atoms with Crippen LogP contribution in [0.3, 0.4) is 0 Å². The second-order valence-corrected chi connectivity index (χ2v) is 2.78. The fourth-order valence-corrected chi connectivity index (χ4v) is 1.19. The first kappa shape index (κ1) is 6.68. The van der Waals surface area contributed by atoms with Gasteiger partial charge in [0.1, 0.15) is 0 Å². The molecule has 0 saturated carbocycles. The second-order valence-electron chi connectivity index (χ2n) is 2.78. The molecule has 1 aromatic rings. The van der Waals surface area contributed by atoms with Crippen molar-refractivity contribution >= 4 is 0 Å². The lowest BCUT2D eigenvalue weighted by Gasteiger charge is -2.35. The number of tetrazole rings is 1. The van der Waals surface area contributed by atoms with Crippen LogP contribution in [0.25, 0.3) is 0 Å². The van der Waals surface area contributed by atoms with Crippen molar-refractivity contribution in [1.82, 2.24) is 25.5 Å². The Balaban J connectivity index is 1.84. The topological polar surface area (TPSA) is 83.7 Å². The van der Waals surface area contributed by atoms with Crippen molar-refractivity contribution in [2.75, 3.05) is 13.1 Å². The van der Waals surface area contributed by atoms with Gasteiger partial charge >= 0.3 is 0 Å². The van der Waals surface area contributed by atoms with Crippen LogP contribution in [0, 0.1) is 0 Å². The summed E-state index contributed by atoms with van der Waals surface area (Å²) in [6, 6.07) is 0.335. The second kappa shape index (κ2) is 2.55. The van der Waals surface area contributed by atoms with E-state index in [-0.39, 0.29) is 0 Å². The maximum atomic E-state index is 5.59. The summed E-state index contributed by atoms with van der Waals surface area (Å²) < 4.78 is 0. The van der Waals surface area contributed by atoms with Crippen LogP contribution in [-0.4, -0.2) is 44.7 Å². The molecule has 1 fully saturated rings. The van der Waals surface area contributed by atoms with E-state index in [1.807, 2.05) is 0 Å². The Morgan fingerprint density at radius 3 is 3.00 bits per heavy atom. The number of hydrogen-bond donors (Lipinski definition) is 2. The lowest BCUT2D eigenvalue weighted by atomic mass is 10.1. The molecule has 11 heavy (non-hydrogen) atoms. The first-order chi connectivity index (χ1) is 5.34. The molecule has 2 heterocycles. The van der Waals surface area contributed by atoms with Gasteiger partial charge in [0.05, 0.1) is 6.54 Å². The fourth-order valence-electron chi connectivity index (χ4n) is 1.19. The average molecular weight is 154 g/mol. The van der Waals surface area contributed by atoms with Gasteiger partial charge in [-0.3, -0.25) is 4.90 Å². The van der Waals surface area contributed by atoms with Gasteiger partial charge in [0, 0.05) is 19.1 Å². The number of aromatic nitrogens is 4. The van der Waals surface area contributed by atoms with E-state index in [2.05, 4.69) is 25.5 Å². The van der Waals surface area contributed by atoms with Crippen molar-refractivity contribution in [3.8, 4) is 0 Å². The van der Waals surface area contributed by atoms with Crippen molar-refractivity contribution < 1.29 is 0 Å². The molecule has 1 saturated heterocycles. The van der Waals surface area contributed by atoms with E-state index >= 15 is 0 Å². The van der Waals surface area contributed by atoms with Crippen molar-refractivity contribution in [1.29, 1.82) is 0 Å². The minimum absolute atomic E-state index is 0.335. The normalized spacial score (nSPS) is 20.1. The minimum atomic E-state index is 0.335. The number of likely N-dealkylation sites (tertiary alicyclic amines) is 1. The SMILES string of the molecule is NC1CN(Cc2nn[nH]n2)C1. The molecule has 0 aliphatic carbocycles. The van der Waals surface area contributed by atoms with Gasteiger partial charge in [-0.25, -0.2) is 0 Å². The zero-order valence-corrected chi connectivity index (χ0v) is 6.06. The molecule has 60 valence electrons. The maximum absolute atomic E-state index is 5.59. The lowest BCUT2D eigenvalue weighted by molar-refractivity contribution is 0.138. The van der Waals surface area contributed by atoms with Gasteiger partial charge in [-0.05, 0) is 0 Å². The van der Waals surface area contributed by atoms with Gasteiger partial charge in [-0.2, -0.15) is 5.21 Å². The Bertz CT molecular complexity index is 213. The molecule has 0 aromatic carbocycles. The van der Waals surface area contributed by atoms with E-state index in [0.717, 1.165) is 25.5 Å². The van der Waals surface area contributed by atoms with Crippen molar-refractivity contribution in [3.05, 3.63) is 5.82 Å². The van der Waals surface area contributed by atoms with E-state index < -0.39 is 0 Å². The van der Waals surface area contributed by atoms with Crippen molar-refractivity contribution in [2.45, 2.75) is 12.6 Å². The zero-order chi connectivity index (χ0) is 7.68. The van der Waals surface area contributed by atoms with Crippen LogP contribution in [-0.2, 0) is 6.54 Å². The minimum Gasteiger partial charge on any atom is -0.325 e. The van der Waals surface area contributed by atoms with Gasteiger partial charge in [0.2, 0.25) is 0 Å². The maximum Gasteiger partial charge on any atom is 0.188 e. The number of hydrogen-bond acceptors (Lipinski definition) is 5. The van der Waals surface area contributed by atoms with Gasteiger partial charge in [0.25, 0.3) is 0 Å². The quantitative estimate of drug-likeness (QED) is 0.533. The summed E-state index contributed by atoms with van der Waals surface area (Å²) in [4.78, 5) is 2.18. The average Bonchev–Trinajstić information content (AvgIpc) is 2.36. The van der Waals surface area contributed by atoms with E-state index in [4.69, 9.17) is 5.73 Å². The number of nitrogens with one attached hydrogen (secondary N) is 1. The summed E-state index contributed by atoms with van der Waals surface area (Å²) in [6.45, 7) is 2.63. The third kappa shape index (κ3) is 1.36. The van der Waals surface area contributed by atoms with E-state index in [1.165, 1.54) is 0 Å². The third-order valence-corrected chi connectivity index (χ3v) is 1.74. The largest absolute Gasteiger partial charge is 0.325 e. The van der Waals surface area contributed by atoms with Crippen LogP contribution < -0.4 is 5.73 Å².